The van der Waals surface area contributed by atoms with Gasteiger partial charge in [-0.1, -0.05) is 102 Å². The maximum atomic E-state index is 11.9. The standard InChI is InChI=1S/C44H39N5O2/c1-43(2,3)29-25-33(39(50)34(26-29)44(4,5)6)41-47-37(40-38(48-41)32-19-13-23-46-42(32)51-40)28-16-11-17-30(24-28)49(36-21-9-10-22-45-36)35-20-12-15-27-14-7-8-18-31(27)35/h7-26,50H,1-6H3. The Labute approximate surface area is 297 Å². The summed E-state index contributed by atoms with van der Waals surface area (Å²) >= 11 is 0. The zero-order valence-corrected chi connectivity index (χ0v) is 29.6. The smallest absolute Gasteiger partial charge is 0.229 e. The van der Waals surface area contributed by atoms with Gasteiger partial charge in [-0.05, 0) is 70.3 Å². The van der Waals surface area contributed by atoms with Gasteiger partial charge in [0.2, 0.25) is 5.71 Å². The van der Waals surface area contributed by atoms with Crippen LogP contribution in [0.4, 0.5) is 17.2 Å². The highest BCUT2D eigenvalue weighted by Crippen LogP contribution is 2.44. The van der Waals surface area contributed by atoms with Crippen molar-refractivity contribution in [2.24, 2.45) is 0 Å². The van der Waals surface area contributed by atoms with E-state index in [0.29, 0.717) is 33.9 Å². The molecule has 8 rings (SSSR count). The van der Waals surface area contributed by atoms with Crippen LogP contribution in [-0.2, 0) is 10.8 Å². The van der Waals surface area contributed by atoms with Crippen molar-refractivity contribution in [3.8, 4) is 28.4 Å². The van der Waals surface area contributed by atoms with Gasteiger partial charge >= 0.3 is 0 Å². The number of aromatic nitrogens is 4. The second kappa shape index (κ2) is 12.1. The van der Waals surface area contributed by atoms with Gasteiger partial charge in [0.15, 0.2) is 11.4 Å². The predicted octanol–water partition coefficient (Wildman–Crippen LogP) is 11.4. The van der Waals surface area contributed by atoms with E-state index >= 15 is 0 Å². The molecule has 0 saturated heterocycles. The Morgan fingerprint density at radius 1 is 0.667 bits per heavy atom. The summed E-state index contributed by atoms with van der Waals surface area (Å²) in [5.41, 5.74) is 7.00. The van der Waals surface area contributed by atoms with E-state index in [1.165, 1.54) is 0 Å². The molecule has 7 heteroatoms. The van der Waals surface area contributed by atoms with Crippen LogP contribution in [0.25, 0.3) is 55.6 Å². The number of benzene rings is 4. The summed E-state index contributed by atoms with van der Waals surface area (Å²) in [5, 5.41) is 14.9. The molecule has 0 fully saturated rings. The van der Waals surface area contributed by atoms with Gasteiger partial charge < -0.3 is 9.52 Å². The summed E-state index contributed by atoms with van der Waals surface area (Å²) in [6, 6.07) is 36.8. The molecule has 0 saturated carbocycles. The number of hydrogen-bond donors (Lipinski definition) is 1. The lowest BCUT2D eigenvalue weighted by molar-refractivity contribution is 0.446. The third-order valence-corrected chi connectivity index (χ3v) is 9.38. The van der Waals surface area contributed by atoms with E-state index < -0.39 is 0 Å². The van der Waals surface area contributed by atoms with Crippen LogP contribution in [0.1, 0.15) is 52.7 Å². The Balaban J connectivity index is 1.39. The molecule has 4 heterocycles. The Morgan fingerprint density at radius 3 is 2.20 bits per heavy atom. The zero-order chi connectivity index (χ0) is 35.5. The largest absolute Gasteiger partial charge is 0.507 e. The van der Waals surface area contributed by atoms with Gasteiger partial charge in [-0.25, -0.2) is 19.9 Å². The topological polar surface area (TPSA) is 88.2 Å². The number of phenolic OH excluding ortho intramolecular Hbond substituents is 1. The molecule has 7 nitrogen and oxygen atoms in total. The number of hydrogen-bond acceptors (Lipinski definition) is 7. The Hall–Kier alpha value is -6.08. The fourth-order valence-electron chi connectivity index (χ4n) is 6.68. The molecule has 4 aromatic heterocycles. The molecule has 0 amide bonds. The van der Waals surface area contributed by atoms with Gasteiger partial charge in [0.25, 0.3) is 0 Å². The minimum atomic E-state index is -0.315. The molecular formula is C44H39N5O2. The zero-order valence-electron chi connectivity index (χ0n) is 29.6. The first-order valence-corrected chi connectivity index (χ1v) is 17.2. The van der Waals surface area contributed by atoms with Crippen molar-refractivity contribution in [1.29, 1.82) is 0 Å². The third kappa shape index (κ3) is 5.74. The lowest BCUT2D eigenvalue weighted by Crippen LogP contribution is -2.17. The first-order valence-electron chi connectivity index (χ1n) is 17.2. The van der Waals surface area contributed by atoms with Gasteiger partial charge in [0.1, 0.15) is 22.8 Å². The fourth-order valence-corrected chi connectivity index (χ4v) is 6.68. The van der Waals surface area contributed by atoms with Crippen molar-refractivity contribution in [2.75, 3.05) is 4.90 Å². The van der Waals surface area contributed by atoms with Crippen molar-refractivity contribution in [3.63, 3.8) is 0 Å². The number of rotatable bonds is 5. The van der Waals surface area contributed by atoms with E-state index in [2.05, 4.69) is 112 Å². The normalized spacial score (nSPS) is 12.2. The summed E-state index contributed by atoms with van der Waals surface area (Å²) in [4.78, 5) is 21.8. The predicted molar refractivity (Wildman–Crippen MR) is 207 cm³/mol. The number of pyridine rings is 2. The molecule has 0 radical (unpaired) electrons. The van der Waals surface area contributed by atoms with Crippen LogP contribution in [0.5, 0.6) is 5.75 Å². The van der Waals surface area contributed by atoms with Crippen molar-refractivity contribution in [1.82, 2.24) is 19.9 Å². The molecule has 1 N–H and O–H groups in total. The van der Waals surface area contributed by atoms with E-state index in [-0.39, 0.29) is 16.6 Å². The van der Waals surface area contributed by atoms with Gasteiger partial charge in [-0.3, -0.25) is 4.90 Å². The molecule has 0 bridgehead atoms. The van der Waals surface area contributed by atoms with Gasteiger partial charge in [0.05, 0.1) is 16.6 Å². The minimum Gasteiger partial charge on any atom is -0.507 e. The van der Waals surface area contributed by atoms with Gasteiger partial charge in [-0.2, -0.15) is 0 Å². The second-order valence-corrected chi connectivity index (χ2v) is 15.0. The number of furan rings is 1. The van der Waals surface area contributed by atoms with E-state index in [1.807, 2.05) is 54.7 Å². The van der Waals surface area contributed by atoms with E-state index in [1.54, 1.807) is 6.20 Å². The van der Waals surface area contributed by atoms with Gasteiger partial charge in [0, 0.05) is 34.6 Å². The average molecular weight is 670 g/mol. The summed E-state index contributed by atoms with van der Waals surface area (Å²) in [6.45, 7) is 12.9. The van der Waals surface area contributed by atoms with Crippen LogP contribution < -0.4 is 4.90 Å². The van der Waals surface area contributed by atoms with E-state index in [4.69, 9.17) is 19.4 Å². The molecule has 0 aliphatic carbocycles. The number of nitrogens with zero attached hydrogens (tertiary/aromatic N) is 5. The van der Waals surface area contributed by atoms with Crippen molar-refractivity contribution < 1.29 is 9.52 Å². The van der Waals surface area contributed by atoms with E-state index in [0.717, 1.165) is 50.0 Å². The lowest BCUT2D eigenvalue weighted by Gasteiger charge is -2.27. The molecule has 8 aromatic rings. The highest BCUT2D eigenvalue weighted by molar-refractivity contribution is 6.06. The monoisotopic (exact) mass is 669 g/mol. The van der Waals surface area contributed by atoms with Crippen LogP contribution in [0.15, 0.2) is 126 Å². The van der Waals surface area contributed by atoms with E-state index in [9.17, 15) is 5.11 Å². The quantitative estimate of drug-likeness (QED) is 0.195. The minimum absolute atomic E-state index is 0.174. The number of fused-ring (bicyclic) bond motifs is 4. The van der Waals surface area contributed by atoms with Crippen LogP contribution in [0.3, 0.4) is 0 Å². The third-order valence-electron chi connectivity index (χ3n) is 9.38. The summed E-state index contributed by atoms with van der Waals surface area (Å²) in [6.07, 6.45) is 3.52. The molecular weight excluding hydrogens is 631 g/mol. The molecule has 0 aliphatic rings. The summed E-state index contributed by atoms with van der Waals surface area (Å²) < 4.78 is 6.42. The maximum absolute atomic E-state index is 11.9. The average Bonchev–Trinajstić information content (AvgIpc) is 3.50. The van der Waals surface area contributed by atoms with Crippen LogP contribution in [0, 0.1) is 0 Å². The van der Waals surface area contributed by atoms with Crippen molar-refractivity contribution >= 4 is 50.2 Å². The molecule has 0 spiro atoms. The number of phenols is 1. The van der Waals surface area contributed by atoms with Crippen molar-refractivity contribution in [2.45, 2.75) is 52.4 Å². The molecule has 0 unspecified atom stereocenters. The lowest BCUT2D eigenvalue weighted by atomic mass is 9.79. The summed E-state index contributed by atoms with van der Waals surface area (Å²) in [5.74, 6) is 1.38. The highest BCUT2D eigenvalue weighted by atomic mass is 16.3. The van der Waals surface area contributed by atoms with Crippen LogP contribution in [0.2, 0.25) is 0 Å². The Kier molecular flexibility index (Phi) is 7.60. The fraction of sp³-hybridized carbons (Fsp3) is 0.182. The highest BCUT2D eigenvalue weighted by Gasteiger charge is 2.28. The van der Waals surface area contributed by atoms with Crippen molar-refractivity contribution in [3.05, 3.63) is 133 Å². The maximum Gasteiger partial charge on any atom is 0.229 e. The van der Waals surface area contributed by atoms with Crippen LogP contribution >= 0.6 is 0 Å². The first-order chi connectivity index (χ1) is 24.5. The number of anilines is 3. The second-order valence-electron chi connectivity index (χ2n) is 15.0. The Morgan fingerprint density at radius 2 is 1.41 bits per heavy atom. The Bertz CT molecular complexity index is 2570. The first kappa shape index (κ1) is 32.1. The summed E-state index contributed by atoms with van der Waals surface area (Å²) in [7, 11) is 0. The molecule has 0 aliphatic heterocycles. The molecule has 4 aromatic carbocycles. The SMILES string of the molecule is CC(C)(C)c1cc(-c2nc(-c3cccc(N(c4ccccn4)c4cccc5ccccc45)c3)c3oc4ncccc4c3n2)c(O)c(C(C)(C)C)c1. The van der Waals surface area contributed by atoms with Crippen LogP contribution in [-0.4, -0.2) is 25.0 Å². The molecule has 51 heavy (non-hydrogen) atoms. The molecule has 252 valence electrons. The molecule has 0 atom stereocenters. The van der Waals surface area contributed by atoms with Gasteiger partial charge in [-0.15, -0.1) is 0 Å². The number of aromatic hydroxyl groups is 1.